The second-order valence-corrected chi connectivity index (χ2v) is 5.61. The summed E-state index contributed by atoms with van der Waals surface area (Å²) >= 11 is 0. The molecule has 1 atom stereocenters. The van der Waals surface area contributed by atoms with Crippen molar-refractivity contribution in [3.8, 4) is 5.69 Å². The standard InChI is InChI=1S/C16H18FN3O3/c1-9(2)14(16(22)23)18-15(21)12-6-7-20(19-12)13-5-4-11(17)8-10(13)3/h4-9,14H,1-3H3,(H,18,21)(H,22,23)/t14-/m0/s1. The van der Waals surface area contributed by atoms with E-state index >= 15 is 0 Å². The first kappa shape index (κ1) is 16.7. The number of hydrogen-bond donors (Lipinski definition) is 2. The van der Waals surface area contributed by atoms with Gasteiger partial charge in [-0.15, -0.1) is 0 Å². The Balaban J connectivity index is 2.21. The third-order valence-corrected chi connectivity index (χ3v) is 3.45. The van der Waals surface area contributed by atoms with E-state index in [1.807, 2.05) is 0 Å². The SMILES string of the molecule is Cc1cc(F)ccc1-n1ccc(C(=O)N[C@H](C(=O)O)C(C)C)n1. The summed E-state index contributed by atoms with van der Waals surface area (Å²) in [5.41, 5.74) is 1.41. The van der Waals surface area contributed by atoms with Gasteiger partial charge in [-0.25, -0.2) is 13.9 Å². The summed E-state index contributed by atoms with van der Waals surface area (Å²) in [5.74, 6) is -2.26. The maximum absolute atomic E-state index is 13.1. The van der Waals surface area contributed by atoms with Crippen molar-refractivity contribution >= 4 is 11.9 Å². The molecule has 0 spiro atoms. The zero-order chi connectivity index (χ0) is 17.1. The molecule has 0 bridgehead atoms. The molecule has 0 aliphatic heterocycles. The van der Waals surface area contributed by atoms with Gasteiger partial charge in [-0.2, -0.15) is 5.10 Å². The molecule has 1 amide bonds. The number of carboxylic acid groups (broad SMARTS) is 1. The summed E-state index contributed by atoms with van der Waals surface area (Å²) in [6.45, 7) is 5.15. The predicted molar refractivity (Wildman–Crippen MR) is 82.0 cm³/mol. The van der Waals surface area contributed by atoms with E-state index in [0.29, 0.717) is 11.3 Å². The molecule has 122 valence electrons. The third-order valence-electron chi connectivity index (χ3n) is 3.45. The van der Waals surface area contributed by atoms with Crippen LogP contribution in [-0.4, -0.2) is 32.8 Å². The van der Waals surface area contributed by atoms with E-state index in [1.165, 1.54) is 22.9 Å². The van der Waals surface area contributed by atoms with Gasteiger partial charge in [-0.3, -0.25) is 4.79 Å². The molecule has 0 radical (unpaired) electrons. The average Bonchev–Trinajstić information content (AvgIpc) is 2.93. The number of amides is 1. The van der Waals surface area contributed by atoms with Gasteiger partial charge in [0.15, 0.2) is 5.69 Å². The lowest BCUT2D eigenvalue weighted by Crippen LogP contribution is -2.44. The number of carbonyl (C=O) groups excluding carboxylic acids is 1. The van der Waals surface area contributed by atoms with Gasteiger partial charge in [-0.05, 0) is 42.7 Å². The Morgan fingerprint density at radius 3 is 2.57 bits per heavy atom. The maximum atomic E-state index is 13.1. The molecule has 1 heterocycles. The number of rotatable bonds is 5. The Bertz CT molecular complexity index is 740. The van der Waals surface area contributed by atoms with Crippen molar-refractivity contribution in [2.45, 2.75) is 26.8 Å². The van der Waals surface area contributed by atoms with Gasteiger partial charge in [-0.1, -0.05) is 13.8 Å². The first-order chi connectivity index (χ1) is 10.8. The Kier molecular flexibility index (Phi) is 4.78. The molecule has 2 rings (SSSR count). The minimum atomic E-state index is -1.10. The van der Waals surface area contributed by atoms with Crippen molar-refractivity contribution in [3.05, 3.63) is 47.5 Å². The fourth-order valence-electron chi connectivity index (χ4n) is 2.18. The van der Waals surface area contributed by atoms with Gasteiger partial charge in [0.1, 0.15) is 11.9 Å². The van der Waals surface area contributed by atoms with Gasteiger partial charge in [0.25, 0.3) is 5.91 Å². The zero-order valence-electron chi connectivity index (χ0n) is 13.1. The fraction of sp³-hybridized carbons (Fsp3) is 0.312. The van der Waals surface area contributed by atoms with Crippen molar-refractivity contribution in [2.24, 2.45) is 5.92 Å². The molecule has 6 nitrogen and oxygen atoms in total. The highest BCUT2D eigenvalue weighted by molar-refractivity contribution is 5.95. The first-order valence-electron chi connectivity index (χ1n) is 7.15. The van der Waals surface area contributed by atoms with Gasteiger partial charge in [0.05, 0.1) is 5.69 Å². The monoisotopic (exact) mass is 319 g/mol. The van der Waals surface area contributed by atoms with Crippen LogP contribution < -0.4 is 5.32 Å². The number of aryl methyl sites for hydroxylation is 1. The van der Waals surface area contributed by atoms with Crippen LogP contribution in [0.5, 0.6) is 0 Å². The van der Waals surface area contributed by atoms with Crippen LogP contribution in [-0.2, 0) is 4.79 Å². The Hall–Kier alpha value is -2.70. The minimum Gasteiger partial charge on any atom is -0.480 e. The van der Waals surface area contributed by atoms with Crippen LogP contribution >= 0.6 is 0 Å². The van der Waals surface area contributed by atoms with Gasteiger partial charge < -0.3 is 10.4 Å². The molecule has 0 saturated heterocycles. The number of benzene rings is 1. The largest absolute Gasteiger partial charge is 0.480 e. The summed E-state index contributed by atoms with van der Waals surface area (Å²) in [7, 11) is 0. The normalized spacial score (nSPS) is 12.2. The highest BCUT2D eigenvalue weighted by Crippen LogP contribution is 2.15. The van der Waals surface area contributed by atoms with E-state index in [2.05, 4.69) is 10.4 Å². The van der Waals surface area contributed by atoms with Crippen LogP contribution in [0.4, 0.5) is 4.39 Å². The summed E-state index contributed by atoms with van der Waals surface area (Å²) < 4.78 is 14.6. The Morgan fingerprint density at radius 1 is 1.30 bits per heavy atom. The smallest absolute Gasteiger partial charge is 0.326 e. The number of halogens is 1. The molecule has 0 unspecified atom stereocenters. The van der Waals surface area contributed by atoms with Crippen LogP contribution in [0.25, 0.3) is 5.69 Å². The van der Waals surface area contributed by atoms with Gasteiger partial charge >= 0.3 is 5.97 Å². The minimum absolute atomic E-state index is 0.0978. The number of nitrogens with one attached hydrogen (secondary N) is 1. The molecule has 2 aromatic rings. The highest BCUT2D eigenvalue weighted by Gasteiger charge is 2.24. The second-order valence-electron chi connectivity index (χ2n) is 5.61. The number of aliphatic carboxylic acids is 1. The molecule has 0 saturated carbocycles. The average molecular weight is 319 g/mol. The first-order valence-corrected chi connectivity index (χ1v) is 7.15. The molecule has 0 aliphatic rings. The van der Waals surface area contributed by atoms with Crippen molar-refractivity contribution in [3.63, 3.8) is 0 Å². The maximum Gasteiger partial charge on any atom is 0.326 e. The van der Waals surface area contributed by atoms with Crippen LogP contribution in [0.2, 0.25) is 0 Å². The number of aromatic nitrogens is 2. The van der Waals surface area contributed by atoms with Crippen molar-refractivity contribution in [1.82, 2.24) is 15.1 Å². The molecule has 1 aromatic heterocycles. The van der Waals surface area contributed by atoms with Crippen LogP contribution in [0.3, 0.4) is 0 Å². The van der Waals surface area contributed by atoms with E-state index in [-0.39, 0.29) is 17.4 Å². The van der Waals surface area contributed by atoms with Crippen molar-refractivity contribution < 1.29 is 19.1 Å². The molecule has 23 heavy (non-hydrogen) atoms. The fourth-order valence-corrected chi connectivity index (χ4v) is 2.18. The quantitative estimate of drug-likeness (QED) is 0.884. The summed E-state index contributed by atoms with van der Waals surface area (Å²) in [6.07, 6.45) is 1.57. The van der Waals surface area contributed by atoms with Crippen LogP contribution in [0.15, 0.2) is 30.5 Å². The second kappa shape index (κ2) is 6.60. The zero-order valence-corrected chi connectivity index (χ0v) is 13.1. The molecular weight excluding hydrogens is 301 g/mol. The number of carbonyl (C=O) groups is 2. The van der Waals surface area contributed by atoms with Gasteiger partial charge in [0.2, 0.25) is 0 Å². The highest BCUT2D eigenvalue weighted by atomic mass is 19.1. The van der Waals surface area contributed by atoms with Gasteiger partial charge in [0, 0.05) is 6.20 Å². The number of hydrogen-bond acceptors (Lipinski definition) is 3. The lowest BCUT2D eigenvalue weighted by Gasteiger charge is -2.17. The van der Waals surface area contributed by atoms with E-state index in [0.717, 1.165) is 0 Å². The summed E-state index contributed by atoms with van der Waals surface area (Å²) in [4.78, 5) is 23.3. The number of carboxylic acids is 1. The molecule has 0 aliphatic carbocycles. The predicted octanol–water partition coefficient (Wildman–Crippen LogP) is 2.16. The van der Waals surface area contributed by atoms with E-state index in [4.69, 9.17) is 5.11 Å². The van der Waals surface area contributed by atoms with Crippen LogP contribution in [0, 0.1) is 18.7 Å². The topological polar surface area (TPSA) is 84.2 Å². The molecule has 2 N–H and O–H groups in total. The molecular formula is C16H18FN3O3. The van der Waals surface area contributed by atoms with Crippen molar-refractivity contribution in [1.29, 1.82) is 0 Å². The summed E-state index contributed by atoms with van der Waals surface area (Å²) in [6, 6.07) is 4.74. The van der Waals surface area contributed by atoms with Crippen LogP contribution in [0.1, 0.15) is 29.9 Å². The Labute approximate surface area is 132 Å². The number of nitrogens with zero attached hydrogens (tertiary/aromatic N) is 2. The lowest BCUT2D eigenvalue weighted by molar-refractivity contribution is -0.140. The molecule has 7 heteroatoms. The van der Waals surface area contributed by atoms with E-state index in [1.54, 1.807) is 33.0 Å². The Morgan fingerprint density at radius 2 is 2.00 bits per heavy atom. The molecule has 1 aromatic carbocycles. The third kappa shape index (κ3) is 3.74. The lowest BCUT2D eigenvalue weighted by atomic mass is 10.0. The summed E-state index contributed by atoms with van der Waals surface area (Å²) in [5, 5.41) is 15.7. The van der Waals surface area contributed by atoms with E-state index in [9.17, 15) is 14.0 Å². The molecule has 0 fully saturated rings. The van der Waals surface area contributed by atoms with E-state index < -0.39 is 17.9 Å². The van der Waals surface area contributed by atoms with Crippen molar-refractivity contribution in [2.75, 3.05) is 0 Å².